The molecule has 18 heavy (non-hydrogen) atoms. The molecule has 3 rings (SSSR count). The monoisotopic (exact) mass is 245 g/mol. The number of hydrogen-bond donors (Lipinski definition) is 0. The molecule has 1 amide bonds. The van der Waals surface area contributed by atoms with Gasteiger partial charge >= 0.3 is 5.97 Å². The summed E-state index contributed by atoms with van der Waals surface area (Å²) < 4.78 is 4.81. The Balaban J connectivity index is 1.84. The number of amides is 1. The first-order valence-electron chi connectivity index (χ1n) is 6.16. The van der Waals surface area contributed by atoms with Gasteiger partial charge in [-0.25, -0.2) is 4.79 Å². The summed E-state index contributed by atoms with van der Waals surface area (Å²) in [5.74, 6) is 0.439. The highest BCUT2D eigenvalue weighted by molar-refractivity contribution is 5.97. The van der Waals surface area contributed by atoms with Gasteiger partial charge in [0.1, 0.15) is 6.04 Å². The van der Waals surface area contributed by atoms with Gasteiger partial charge in [0.2, 0.25) is 0 Å². The Labute approximate surface area is 106 Å². The summed E-state index contributed by atoms with van der Waals surface area (Å²) >= 11 is 0. The molecule has 1 saturated carbocycles. The van der Waals surface area contributed by atoms with Crippen molar-refractivity contribution in [1.29, 1.82) is 0 Å². The minimum Gasteiger partial charge on any atom is -0.467 e. The van der Waals surface area contributed by atoms with Crippen LogP contribution in [0.4, 0.5) is 0 Å². The average molecular weight is 245 g/mol. The molecular formula is C14H15NO3. The molecule has 0 N–H and O–H groups in total. The maximum Gasteiger partial charge on any atom is 0.328 e. The van der Waals surface area contributed by atoms with E-state index < -0.39 is 0 Å². The number of likely N-dealkylation sites (tertiary alicyclic amines) is 1. The van der Waals surface area contributed by atoms with Crippen molar-refractivity contribution in [3.8, 4) is 0 Å². The molecule has 0 aromatic heterocycles. The lowest BCUT2D eigenvalue weighted by Crippen LogP contribution is -2.43. The molecule has 2 fully saturated rings. The lowest BCUT2D eigenvalue weighted by molar-refractivity contribution is -0.145. The summed E-state index contributed by atoms with van der Waals surface area (Å²) in [4.78, 5) is 25.8. The lowest BCUT2D eigenvalue weighted by atomic mass is 10.1. The van der Waals surface area contributed by atoms with E-state index in [1.165, 1.54) is 7.11 Å². The van der Waals surface area contributed by atoms with Crippen LogP contribution in [0.5, 0.6) is 0 Å². The van der Waals surface area contributed by atoms with Crippen molar-refractivity contribution < 1.29 is 14.3 Å². The van der Waals surface area contributed by atoms with Crippen LogP contribution in [-0.2, 0) is 9.53 Å². The molecule has 0 bridgehead atoms. The standard InChI is InChI=1S/C14H15NO3/c1-18-14(17)12-11-7-10(11)8-15(12)13(16)9-5-3-2-4-6-9/h2-6,10-12H,7-8H2,1H3. The van der Waals surface area contributed by atoms with Crippen LogP contribution in [0.1, 0.15) is 16.8 Å². The van der Waals surface area contributed by atoms with E-state index in [0.29, 0.717) is 23.9 Å². The predicted molar refractivity (Wildman–Crippen MR) is 64.9 cm³/mol. The average Bonchev–Trinajstić information content (AvgIpc) is 3.09. The second-order valence-electron chi connectivity index (χ2n) is 4.95. The highest BCUT2D eigenvalue weighted by atomic mass is 16.5. The van der Waals surface area contributed by atoms with Gasteiger partial charge in [0.25, 0.3) is 5.91 Å². The van der Waals surface area contributed by atoms with E-state index in [2.05, 4.69) is 0 Å². The third-order valence-corrected chi connectivity index (χ3v) is 3.87. The zero-order chi connectivity index (χ0) is 12.7. The van der Waals surface area contributed by atoms with Gasteiger partial charge in [0, 0.05) is 12.1 Å². The van der Waals surface area contributed by atoms with Crippen molar-refractivity contribution in [3.63, 3.8) is 0 Å². The molecule has 3 atom stereocenters. The Morgan fingerprint density at radius 1 is 1.28 bits per heavy atom. The summed E-state index contributed by atoms with van der Waals surface area (Å²) in [7, 11) is 1.38. The van der Waals surface area contributed by atoms with Crippen molar-refractivity contribution in [1.82, 2.24) is 4.90 Å². The number of hydrogen-bond acceptors (Lipinski definition) is 3. The van der Waals surface area contributed by atoms with E-state index in [1.807, 2.05) is 18.2 Å². The molecule has 1 aliphatic carbocycles. The molecular weight excluding hydrogens is 230 g/mol. The largest absolute Gasteiger partial charge is 0.467 e. The first-order valence-corrected chi connectivity index (χ1v) is 6.16. The zero-order valence-corrected chi connectivity index (χ0v) is 10.2. The number of methoxy groups -OCH3 is 1. The van der Waals surface area contributed by atoms with E-state index in [0.717, 1.165) is 6.42 Å². The van der Waals surface area contributed by atoms with Gasteiger partial charge in [-0.2, -0.15) is 0 Å². The molecule has 1 aromatic rings. The van der Waals surface area contributed by atoms with E-state index in [4.69, 9.17) is 4.74 Å². The van der Waals surface area contributed by atoms with Crippen LogP contribution in [0.25, 0.3) is 0 Å². The Hall–Kier alpha value is -1.84. The molecule has 2 aliphatic rings. The first kappa shape index (κ1) is 11.3. The Morgan fingerprint density at radius 3 is 2.67 bits per heavy atom. The number of piperidine rings is 1. The van der Waals surface area contributed by atoms with Crippen molar-refractivity contribution in [2.75, 3.05) is 13.7 Å². The van der Waals surface area contributed by atoms with Gasteiger partial charge in [-0.05, 0) is 30.4 Å². The van der Waals surface area contributed by atoms with Crippen molar-refractivity contribution in [3.05, 3.63) is 35.9 Å². The van der Waals surface area contributed by atoms with Crippen molar-refractivity contribution in [2.45, 2.75) is 12.5 Å². The van der Waals surface area contributed by atoms with Gasteiger partial charge in [-0.1, -0.05) is 18.2 Å². The normalized spacial score (nSPS) is 28.7. The molecule has 4 nitrogen and oxygen atoms in total. The fourth-order valence-electron chi connectivity index (χ4n) is 2.84. The van der Waals surface area contributed by atoms with E-state index in [-0.39, 0.29) is 17.9 Å². The topological polar surface area (TPSA) is 46.6 Å². The third-order valence-electron chi connectivity index (χ3n) is 3.87. The van der Waals surface area contributed by atoms with Gasteiger partial charge in [0.05, 0.1) is 7.11 Å². The summed E-state index contributed by atoms with van der Waals surface area (Å²) in [6.07, 6.45) is 1.04. The maximum absolute atomic E-state index is 12.4. The number of rotatable bonds is 2. The molecule has 0 radical (unpaired) electrons. The number of carbonyl (C=O) groups excluding carboxylic acids is 2. The van der Waals surface area contributed by atoms with Crippen molar-refractivity contribution >= 4 is 11.9 Å². The zero-order valence-electron chi connectivity index (χ0n) is 10.2. The molecule has 1 aliphatic heterocycles. The van der Waals surface area contributed by atoms with E-state index in [9.17, 15) is 9.59 Å². The van der Waals surface area contributed by atoms with E-state index >= 15 is 0 Å². The number of nitrogens with zero attached hydrogens (tertiary/aromatic N) is 1. The predicted octanol–water partition coefficient (Wildman–Crippen LogP) is 1.32. The quantitative estimate of drug-likeness (QED) is 0.738. The Bertz CT molecular complexity index is 485. The molecule has 3 unspecified atom stereocenters. The van der Waals surface area contributed by atoms with Crippen LogP contribution < -0.4 is 0 Å². The summed E-state index contributed by atoms with van der Waals surface area (Å²) in [5, 5.41) is 0. The second-order valence-corrected chi connectivity index (χ2v) is 4.95. The third kappa shape index (κ3) is 1.68. The highest BCUT2D eigenvalue weighted by Crippen LogP contribution is 2.50. The molecule has 1 saturated heterocycles. The fraction of sp³-hybridized carbons (Fsp3) is 0.429. The molecule has 4 heteroatoms. The van der Waals surface area contributed by atoms with Gasteiger partial charge in [0.15, 0.2) is 0 Å². The molecule has 0 spiro atoms. The van der Waals surface area contributed by atoms with Crippen LogP contribution in [-0.4, -0.2) is 36.5 Å². The van der Waals surface area contributed by atoms with Crippen molar-refractivity contribution in [2.24, 2.45) is 11.8 Å². The van der Waals surface area contributed by atoms with Crippen LogP contribution in [0.2, 0.25) is 0 Å². The fourth-order valence-corrected chi connectivity index (χ4v) is 2.84. The minimum absolute atomic E-state index is 0.0711. The number of esters is 1. The number of benzene rings is 1. The lowest BCUT2D eigenvalue weighted by Gasteiger charge is -2.25. The van der Waals surface area contributed by atoms with Crippen LogP contribution in [0.15, 0.2) is 30.3 Å². The molecule has 1 aromatic carbocycles. The van der Waals surface area contributed by atoms with Crippen LogP contribution >= 0.6 is 0 Å². The van der Waals surface area contributed by atoms with Gasteiger partial charge in [-0.3, -0.25) is 4.79 Å². The number of carbonyl (C=O) groups is 2. The van der Waals surface area contributed by atoms with Gasteiger partial charge < -0.3 is 9.64 Å². The first-order chi connectivity index (χ1) is 8.72. The van der Waals surface area contributed by atoms with Gasteiger partial charge in [-0.15, -0.1) is 0 Å². The molecule has 1 heterocycles. The van der Waals surface area contributed by atoms with Crippen LogP contribution in [0, 0.1) is 11.8 Å². The highest BCUT2D eigenvalue weighted by Gasteiger charge is 2.57. The maximum atomic E-state index is 12.4. The minimum atomic E-state index is -0.382. The SMILES string of the molecule is COC(=O)C1C2CC2CN1C(=O)c1ccccc1. The second kappa shape index (κ2) is 4.12. The smallest absolute Gasteiger partial charge is 0.328 e. The van der Waals surface area contributed by atoms with E-state index in [1.54, 1.807) is 17.0 Å². The summed E-state index contributed by atoms with van der Waals surface area (Å²) in [5.41, 5.74) is 0.632. The Kier molecular flexibility index (Phi) is 2.58. The number of fused-ring (bicyclic) bond motifs is 1. The number of ether oxygens (including phenoxy) is 1. The summed E-state index contributed by atoms with van der Waals surface area (Å²) in [6.45, 7) is 0.679. The summed E-state index contributed by atoms with van der Waals surface area (Å²) in [6, 6.07) is 8.71. The van der Waals surface area contributed by atoms with Crippen LogP contribution in [0.3, 0.4) is 0 Å². The molecule has 94 valence electrons. The Morgan fingerprint density at radius 2 is 2.00 bits per heavy atom.